The van der Waals surface area contributed by atoms with Crippen LogP contribution in [0, 0.1) is 0 Å². The lowest BCUT2D eigenvalue weighted by Gasteiger charge is -2.21. The summed E-state index contributed by atoms with van der Waals surface area (Å²) in [6, 6.07) is 3.79. The van der Waals surface area contributed by atoms with Crippen LogP contribution in [-0.2, 0) is 4.74 Å². The van der Waals surface area contributed by atoms with Gasteiger partial charge in [-0.25, -0.2) is 0 Å². The quantitative estimate of drug-likeness (QED) is 0.782. The van der Waals surface area contributed by atoms with Crippen LogP contribution in [0.4, 0.5) is 0 Å². The minimum absolute atomic E-state index is 0.0461. The fourth-order valence-corrected chi connectivity index (χ4v) is 2.00. The van der Waals surface area contributed by atoms with E-state index in [4.69, 9.17) is 18.9 Å². The molecule has 19 heavy (non-hydrogen) atoms. The topological polar surface area (TPSA) is 49.0 Å². The van der Waals surface area contributed by atoms with E-state index in [0.717, 1.165) is 17.9 Å². The average molecular weight is 269 g/mol. The fraction of sp³-hybridized carbons (Fsp3) is 0.571. The molecule has 5 nitrogen and oxygen atoms in total. The first-order valence-corrected chi connectivity index (χ1v) is 6.24. The summed E-state index contributed by atoms with van der Waals surface area (Å²) in [7, 11) is 6.54. The van der Waals surface area contributed by atoms with Gasteiger partial charge in [0.25, 0.3) is 0 Å². The zero-order valence-electron chi connectivity index (χ0n) is 12.3. The van der Waals surface area contributed by atoms with Gasteiger partial charge in [0.1, 0.15) is 5.75 Å². The van der Waals surface area contributed by atoms with Crippen LogP contribution >= 0.6 is 0 Å². The first-order chi connectivity index (χ1) is 9.21. The monoisotopic (exact) mass is 269 g/mol. The summed E-state index contributed by atoms with van der Waals surface area (Å²) in [6.45, 7) is 3.45. The Morgan fingerprint density at radius 3 is 2.00 bits per heavy atom. The molecule has 0 radical (unpaired) electrons. The molecule has 0 saturated heterocycles. The van der Waals surface area contributed by atoms with E-state index in [9.17, 15) is 0 Å². The van der Waals surface area contributed by atoms with Crippen LogP contribution in [0.5, 0.6) is 17.2 Å². The Kier molecular flexibility index (Phi) is 6.45. The molecule has 0 fully saturated rings. The third kappa shape index (κ3) is 3.75. The predicted octanol–water partition coefficient (Wildman–Crippen LogP) is 2.01. The number of hydrogen-bond donors (Lipinski definition) is 1. The minimum atomic E-state index is 0.0461. The molecule has 1 rings (SSSR count). The van der Waals surface area contributed by atoms with E-state index in [1.807, 2.05) is 12.1 Å². The Bertz CT molecular complexity index is 389. The molecule has 1 atom stereocenters. The highest BCUT2D eigenvalue weighted by Crippen LogP contribution is 2.37. The van der Waals surface area contributed by atoms with Gasteiger partial charge in [0.15, 0.2) is 11.5 Å². The van der Waals surface area contributed by atoms with Gasteiger partial charge >= 0.3 is 0 Å². The summed E-state index contributed by atoms with van der Waals surface area (Å²) in [5, 5.41) is 3.36. The molecule has 0 amide bonds. The standard InChI is InChI=1S/C14H23NO4/c1-6-15-11(9-16-2)10-7-13(18-4)14(19-5)8-12(10)17-3/h7-8,11,15H,6,9H2,1-5H3. The number of likely N-dealkylation sites (N-methyl/N-ethyl adjacent to an activating group) is 1. The second-order valence-electron chi connectivity index (χ2n) is 4.01. The maximum absolute atomic E-state index is 5.43. The van der Waals surface area contributed by atoms with Gasteiger partial charge in [-0.2, -0.15) is 0 Å². The molecular weight excluding hydrogens is 246 g/mol. The normalized spacial score (nSPS) is 12.1. The van der Waals surface area contributed by atoms with Crippen molar-refractivity contribution in [2.75, 3.05) is 41.6 Å². The summed E-state index contributed by atoms with van der Waals surface area (Å²) >= 11 is 0. The lowest BCUT2D eigenvalue weighted by atomic mass is 10.0. The number of nitrogens with one attached hydrogen (secondary N) is 1. The van der Waals surface area contributed by atoms with Gasteiger partial charge in [-0.05, 0) is 12.6 Å². The number of ether oxygens (including phenoxy) is 4. The number of methoxy groups -OCH3 is 4. The van der Waals surface area contributed by atoms with Crippen LogP contribution in [0.15, 0.2) is 12.1 Å². The van der Waals surface area contributed by atoms with Gasteiger partial charge in [-0.3, -0.25) is 0 Å². The Labute approximate surface area is 114 Å². The maximum atomic E-state index is 5.43. The van der Waals surface area contributed by atoms with Gasteiger partial charge < -0.3 is 24.3 Å². The van der Waals surface area contributed by atoms with Crippen molar-refractivity contribution in [2.45, 2.75) is 13.0 Å². The third-order valence-electron chi connectivity index (χ3n) is 2.90. The molecule has 0 heterocycles. The second kappa shape index (κ2) is 7.86. The fourth-order valence-electron chi connectivity index (χ4n) is 2.00. The lowest BCUT2D eigenvalue weighted by Crippen LogP contribution is -2.25. The Morgan fingerprint density at radius 2 is 1.53 bits per heavy atom. The largest absolute Gasteiger partial charge is 0.496 e. The van der Waals surface area contributed by atoms with E-state index in [-0.39, 0.29) is 6.04 Å². The van der Waals surface area contributed by atoms with E-state index < -0.39 is 0 Å². The summed E-state index contributed by atoms with van der Waals surface area (Å²) in [5.41, 5.74) is 0.990. The molecule has 0 aliphatic rings. The molecular formula is C14H23NO4. The average Bonchev–Trinajstić information content (AvgIpc) is 2.45. The first-order valence-electron chi connectivity index (χ1n) is 6.24. The molecule has 0 bridgehead atoms. The molecule has 5 heteroatoms. The number of hydrogen-bond acceptors (Lipinski definition) is 5. The highest BCUT2D eigenvalue weighted by atomic mass is 16.5. The molecule has 0 aromatic heterocycles. The third-order valence-corrected chi connectivity index (χ3v) is 2.90. The van der Waals surface area contributed by atoms with Crippen molar-refractivity contribution in [1.82, 2.24) is 5.32 Å². The van der Waals surface area contributed by atoms with Gasteiger partial charge in [0.2, 0.25) is 0 Å². The van der Waals surface area contributed by atoms with Gasteiger partial charge in [0, 0.05) is 18.7 Å². The van der Waals surface area contributed by atoms with Crippen molar-refractivity contribution in [3.05, 3.63) is 17.7 Å². The number of rotatable bonds is 8. The highest BCUT2D eigenvalue weighted by Gasteiger charge is 2.19. The van der Waals surface area contributed by atoms with Gasteiger partial charge in [-0.15, -0.1) is 0 Å². The molecule has 1 aromatic carbocycles. The van der Waals surface area contributed by atoms with Crippen molar-refractivity contribution in [3.8, 4) is 17.2 Å². The molecule has 1 aromatic rings. The van der Waals surface area contributed by atoms with E-state index in [0.29, 0.717) is 18.1 Å². The highest BCUT2D eigenvalue weighted by molar-refractivity contribution is 5.51. The van der Waals surface area contributed by atoms with Crippen LogP contribution in [0.2, 0.25) is 0 Å². The van der Waals surface area contributed by atoms with Gasteiger partial charge in [-0.1, -0.05) is 6.92 Å². The Hall–Kier alpha value is -1.46. The number of benzene rings is 1. The van der Waals surface area contributed by atoms with Crippen molar-refractivity contribution in [3.63, 3.8) is 0 Å². The summed E-state index contributed by atoms with van der Waals surface area (Å²) < 4.78 is 21.3. The van der Waals surface area contributed by atoms with Crippen LogP contribution in [0.1, 0.15) is 18.5 Å². The van der Waals surface area contributed by atoms with E-state index in [2.05, 4.69) is 12.2 Å². The summed E-state index contributed by atoms with van der Waals surface area (Å²) in [6.07, 6.45) is 0. The Morgan fingerprint density at radius 1 is 0.947 bits per heavy atom. The molecule has 0 saturated carbocycles. The zero-order valence-corrected chi connectivity index (χ0v) is 12.3. The van der Waals surface area contributed by atoms with Crippen molar-refractivity contribution < 1.29 is 18.9 Å². The van der Waals surface area contributed by atoms with E-state index in [1.54, 1.807) is 28.4 Å². The van der Waals surface area contributed by atoms with Crippen LogP contribution in [0.25, 0.3) is 0 Å². The maximum Gasteiger partial charge on any atom is 0.164 e. The molecule has 0 aliphatic carbocycles. The molecule has 0 aliphatic heterocycles. The van der Waals surface area contributed by atoms with Crippen molar-refractivity contribution in [1.29, 1.82) is 0 Å². The molecule has 108 valence electrons. The molecule has 1 unspecified atom stereocenters. The second-order valence-corrected chi connectivity index (χ2v) is 4.01. The summed E-state index contributed by atoms with van der Waals surface area (Å²) in [5.74, 6) is 2.08. The lowest BCUT2D eigenvalue weighted by molar-refractivity contribution is 0.166. The van der Waals surface area contributed by atoms with Crippen LogP contribution in [0.3, 0.4) is 0 Å². The summed E-state index contributed by atoms with van der Waals surface area (Å²) in [4.78, 5) is 0. The van der Waals surface area contributed by atoms with Crippen LogP contribution < -0.4 is 19.5 Å². The van der Waals surface area contributed by atoms with Crippen LogP contribution in [-0.4, -0.2) is 41.6 Å². The Balaban J connectivity index is 3.21. The molecule has 0 spiro atoms. The van der Waals surface area contributed by atoms with Gasteiger partial charge in [0.05, 0.1) is 34.0 Å². The van der Waals surface area contributed by atoms with E-state index >= 15 is 0 Å². The predicted molar refractivity (Wildman–Crippen MR) is 74.4 cm³/mol. The van der Waals surface area contributed by atoms with Crippen molar-refractivity contribution in [2.24, 2.45) is 0 Å². The minimum Gasteiger partial charge on any atom is -0.496 e. The van der Waals surface area contributed by atoms with Crippen molar-refractivity contribution >= 4 is 0 Å². The zero-order chi connectivity index (χ0) is 14.3. The first kappa shape index (κ1) is 15.6. The molecule has 1 N–H and O–H groups in total. The SMILES string of the molecule is CCNC(COC)c1cc(OC)c(OC)cc1OC. The van der Waals surface area contributed by atoms with E-state index in [1.165, 1.54) is 0 Å². The smallest absolute Gasteiger partial charge is 0.164 e.